The summed E-state index contributed by atoms with van der Waals surface area (Å²) in [5, 5.41) is 10.6. The van der Waals surface area contributed by atoms with Crippen LogP contribution in [-0.4, -0.2) is 21.4 Å². The van der Waals surface area contributed by atoms with Gasteiger partial charge >= 0.3 is 0 Å². The maximum absolute atomic E-state index is 10.6. The molecule has 1 saturated heterocycles. The van der Waals surface area contributed by atoms with E-state index >= 15 is 0 Å². The molecule has 0 spiro atoms. The number of aromatic nitrogens is 1. The highest BCUT2D eigenvalue weighted by atomic mass is 32.2. The van der Waals surface area contributed by atoms with Crippen molar-refractivity contribution in [3.63, 3.8) is 0 Å². The molecule has 1 aromatic carbocycles. The topological polar surface area (TPSA) is 65.3 Å². The molecule has 5 nitrogen and oxygen atoms in total. The summed E-state index contributed by atoms with van der Waals surface area (Å²) in [5.41, 5.74) is 1.24. The molecule has 3 rings (SSSR count). The third-order valence-electron chi connectivity index (χ3n) is 2.93. The van der Waals surface area contributed by atoms with Gasteiger partial charge in [0.1, 0.15) is 11.9 Å². The van der Waals surface area contributed by atoms with Crippen LogP contribution in [0.4, 0.5) is 5.69 Å². The summed E-state index contributed by atoms with van der Waals surface area (Å²) in [7, 11) is 0. The molecular weight excluding hydrogens is 308 g/mol. The monoisotopic (exact) mass is 320 g/mol. The SMILES string of the molecule is O=[N+]([O-])c1ccc(Oc2ccc(C3SCCS3)cc2)nc1. The summed E-state index contributed by atoms with van der Waals surface area (Å²) in [4.78, 5) is 14.0. The van der Waals surface area contributed by atoms with Crippen molar-refractivity contribution in [2.75, 3.05) is 11.5 Å². The minimum absolute atomic E-state index is 0.0482. The van der Waals surface area contributed by atoms with Crippen LogP contribution in [0.3, 0.4) is 0 Å². The van der Waals surface area contributed by atoms with Crippen molar-refractivity contribution in [3.05, 3.63) is 58.3 Å². The molecule has 2 heterocycles. The number of nitrogens with zero attached hydrogens (tertiary/aromatic N) is 2. The van der Waals surface area contributed by atoms with Gasteiger partial charge in [-0.05, 0) is 17.7 Å². The summed E-state index contributed by atoms with van der Waals surface area (Å²) < 4.78 is 6.09. The first-order valence-electron chi connectivity index (χ1n) is 6.34. The minimum atomic E-state index is -0.484. The highest BCUT2D eigenvalue weighted by Crippen LogP contribution is 2.45. The predicted molar refractivity (Wildman–Crippen MR) is 85.1 cm³/mol. The van der Waals surface area contributed by atoms with Crippen LogP contribution < -0.4 is 4.74 Å². The van der Waals surface area contributed by atoms with Crippen molar-refractivity contribution in [2.45, 2.75) is 4.58 Å². The molecule has 0 saturated carbocycles. The molecule has 21 heavy (non-hydrogen) atoms. The molecule has 1 aliphatic rings. The van der Waals surface area contributed by atoms with Gasteiger partial charge in [0.05, 0.1) is 9.51 Å². The number of rotatable bonds is 4. The predicted octanol–water partition coefficient (Wildman–Crippen LogP) is 4.26. The van der Waals surface area contributed by atoms with Crippen LogP contribution in [0, 0.1) is 10.1 Å². The molecule has 2 aromatic rings. The van der Waals surface area contributed by atoms with E-state index in [0.717, 1.165) is 0 Å². The first kappa shape index (κ1) is 14.2. The molecule has 0 unspecified atom stereocenters. The fraction of sp³-hybridized carbons (Fsp3) is 0.214. The van der Waals surface area contributed by atoms with Gasteiger partial charge in [-0.25, -0.2) is 4.98 Å². The van der Waals surface area contributed by atoms with Gasteiger partial charge in [-0.1, -0.05) is 12.1 Å². The van der Waals surface area contributed by atoms with E-state index in [4.69, 9.17) is 4.74 Å². The van der Waals surface area contributed by atoms with Crippen LogP contribution in [0.15, 0.2) is 42.6 Å². The first-order chi connectivity index (χ1) is 10.2. The molecule has 0 N–H and O–H groups in total. The Bertz CT molecular complexity index is 626. The van der Waals surface area contributed by atoms with Gasteiger partial charge in [-0.3, -0.25) is 10.1 Å². The smallest absolute Gasteiger partial charge is 0.287 e. The van der Waals surface area contributed by atoms with E-state index in [1.807, 2.05) is 35.7 Å². The molecule has 7 heteroatoms. The standard InChI is InChI=1S/C14H12N2O3S2/c17-16(18)11-3-6-13(15-9-11)19-12-4-1-10(2-5-12)14-20-7-8-21-14/h1-6,9,14H,7-8H2. The number of hydrogen-bond acceptors (Lipinski definition) is 6. The Morgan fingerprint density at radius 3 is 2.43 bits per heavy atom. The second kappa shape index (κ2) is 6.36. The van der Waals surface area contributed by atoms with Crippen LogP contribution in [-0.2, 0) is 0 Å². The van der Waals surface area contributed by atoms with Crippen LogP contribution in [0.1, 0.15) is 10.1 Å². The first-order valence-corrected chi connectivity index (χ1v) is 8.43. The molecule has 0 bridgehead atoms. The average molecular weight is 320 g/mol. The molecule has 1 fully saturated rings. The van der Waals surface area contributed by atoms with Crippen LogP contribution in [0.5, 0.6) is 11.6 Å². The zero-order valence-electron chi connectivity index (χ0n) is 11.0. The second-order valence-electron chi connectivity index (χ2n) is 4.36. The quantitative estimate of drug-likeness (QED) is 0.619. The third-order valence-corrected chi connectivity index (χ3v) is 6.03. The van der Waals surface area contributed by atoms with E-state index in [-0.39, 0.29) is 5.69 Å². The zero-order valence-corrected chi connectivity index (χ0v) is 12.6. The second-order valence-corrected chi connectivity index (χ2v) is 7.08. The normalized spacial score (nSPS) is 15.0. The summed E-state index contributed by atoms with van der Waals surface area (Å²) in [5.74, 6) is 3.41. The van der Waals surface area contributed by atoms with Crippen molar-refractivity contribution >= 4 is 29.2 Å². The van der Waals surface area contributed by atoms with Gasteiger partial charge < -0.3 is 4.74 Å². The molecule has 108 valence electrons. The zero-order chi connectivity index (χ0) is 14.7. The van der Waals surface area contributed by atoms with Gasteiger partial charge in [-0.2, -0.15) is 0 Å². The van der Waals surface area contributed by atoms with Crippen LogP contribution in [0.2, 0.25) is 0 Å². The lowest BCUT2D eigenvalue weighted by Gasteiger charge is -2.09. The Labute approximate surface area is 130 Å². The van der Waals surface area contributed by atoms with E-state index in [2.05, 4.69) is 17.1 Å². The molecule has 1 aliphatic heterocycles. The summed E-state index contributed by atoms with van der Waals surface area (Å²) >= 11 is 3.91. The Balaban J connectivity index is 1.68. The van der Waals surface area contributed by atoms with Crippen molar-refractivity contribution in [1.29, 1.82) is 0 Å². The van der Waals surface area contributed by atoms with Gasteiger partial charge in [0.25, 0.3) is 5.69 Å². The Kier molecular flexibility index (Phi) is 4.31. The fourth-order valence-corrected chi connectivity index (χ4v) is 4.76. The minimum Gasteiger partial charge on any atom is -0.439 e. The number of ether oxygens (including phenoxy) is 1. The highest BCUT2D eigenvalue weighted by Gasteiger charge is 2.18. The summed E-state index contributed by atoms with van der Waals surface area (Å²) in [6.07, 6.45) is 1.19. The number of thioether (sulfide) groups is 2. The molecule has 0 amide bonds. The molecular formula is C14H12N2O3S2. The van der Waals surface area contributed by atoms with Crippen molar-refractivity contribution in [3.8, 4) is 11.6 Å². The Morgan fingerprint density at radius 1 is 1.14 bits per heavy atom. The highest BCUT2D eigenvalue weighted by molar-refractivity contribution is 8.19. The maximum atomic E-state index is 10.6. The van der Waals surface area contributed by atoms with Gasteiger partial charge in [0, 0.05) is 23.6 Å². The lowest BCUT2D eigenvalue weighted by Crippen LogP contribution is -1.92. The van der Waals surface area contributed by atoms with Crippen molar-refractivity contribution < 1.29 is 9.66 Å². The average Bonchev–Trinajstić information content (AvgIpc) is 3.03. The number of pyridine rings is 1. The lowest BCUT2D eigenvalue weighted by molar-refractivity contribution is -0.385. The van der Waals surface area contributed by atoms with Crippen LogP contribution >= 0.6 is 23.5 Å². The maximum Gasteiger partial charge on any atom is 0.287 e. The summed E-state index contributed by atoms with van der Waals surface area (Å²) in [6.45, 7) is 0. The van der Waals surface area contributed by atoms with Crippen LogP contribution in [0.25, 0.3) is 0 Å². The number of benzene rings is 1. The molecule has 0 radical (unpaired) electrons. The largest absolute Gasteiger partial charge is 0.439 e. The fourth-order valence-electron chi connectivity index (χ4n) is 1.91. The van der Waals surface area contributed by atoms with Gasteiger partial charge in [0.15, 0.2) is 0 Å². The van der Waals surface area contributed by atoms with E-state index < -0.39 is 4.92 Å². The molecule has 0 aliphatic carbocycles. The molecule has 1 aromatic heterocycles. The van der Waals surface area contributed by atoms with Gasteiger partial charge in [-0.15, -0.1) is 23.5 Å². The molecule has 0 atom stereocenters. The third kappa shape index (κ3) is 3.48. The van der Waals surface area contributed by atoms with E-state index in [1.54, 1.807) is 0 Å². The number of hydrogen-bond donors (Lipinski definition) is 0. The van der Waals surface area contributed by atoms with E-state index in [1.165, 1.54) is 35.4 Å². The summed E-state index contributed by atoms with van der Waals surface area (Å²) in [6, 6.07) is 10.8. The van der Waals surface area contributed by atoms with Crippen molar-refractivity contribution in [1.82, 2.24) is 4.98 Å². The number of nitro groups is 1. The van der Waals surface area contributed by atoms with Crippen molar-refractivity contribution in [2.24, 2.45) is 0 Å². The van der Waals surface area contributed by atoms with Gasteiger partial charge in [0.2, 0.25) is 5.88 Å². The Morgan fingerprint density at radius 2 is 1.86 bits per heavy atom. The van der Waals surface area contributed by atoms with E-state index in [0.29, 0.717) is 16.2 Å². The van der Waals surface area contributed by atoms with E-state index in [9.17, 15) is 10.1 Å². The lowest BCUT2D eigenvalue weighted by atomic mass is 10.2. The Hall–Kier alpha value is -1.73.